The maximum Gasteiger partial charge on any atom is 0.274 e. The van der Waals surface area contributed by atoms with Crippen molar-refractivity contribution < 1.29 is 4.79 Å². The molecule has 2 aromatic heterocycles. The monoisotopic (exact) mass is 416 g/mol. The van der Waals surface area contributed by atoms with Gasteiger partial charge in [-0.3, -0.25) is 9.78 Å². The molecule has 7 nitrogen and oxygen atoms in total. The van der Waals surface area contributed by atoms with E-state index in [1.54, 1.807) is 12.1 Å². The van der Waals surface area contributed by atoms with Crippen LogP contribution in [0, 0.1) is 0 Å². The lowest BCUT2D eigenvalue weighted by atomic mass is 10.2. The fraction of sp³-hybridized carbons (Fsp3) is 0.292. The molecule has 2 N–H and O–H groups in total. The van der Waals surface area contributed by atoms with Crippen molar-refractivity contribution in [2.24, 2.45) is 0 Å². The number of pyridine rings is 2. The number of anilines is 1. The smallest absolute Gasteiger partial charge is 0.274 e. The second kappa shape index (κ2) is 9.57. The molecule has 2 aliphatic heterocycles. The topological polar surface area (TPSA) is 73.4 Å². The summed E-state index contributed by atoms with van der Waals surface area (Å²) < 4.78 is 0. The molecule has 160 valence electrons. The highest BCUT2D eigenvalue weighted by Crippen LogP contribution is 2.26. The number of rotatable bonds is 6. The van der Waals surface area contributed by atoms with E-state index >= 15 is 0 Å². The standard InChI is InChI=1S/C24H28N6O/c1-3-6-22(29-13-11-25-12-14-29)20(4-2)28-24(31)21-7-5-8-23(27-21)30-16-18-9-10-26-15-19(18)17-30/h3-10,15,25H,1,11-14,16-17H2,2H3,(H,28,31)/b20-4+,22-6+. The van der Waals surface area contributed by atoms with Crippen LogP contribution in [-0.4, -0.2) is 47.0 Å². The van der Waals surface area contributed by atoms with Gasteiger partial charge in [-0.05, 0) is 42.3 Å². The molecule has 0 spiro atoms. The molecule has 0 bridgehead atoms. The van der Waals surface area contributed by atoms with Gasteiger partial charge in [-0.2, -0.15) is 0 Å². The summed E-state index contributed by atoms with van der Waals surface area (Å²) in [5.74, 6) is 0.563. The molecule has 1 fully saturated rings. The Morgan fingerprint density at radius 1 is 1.19 bits per heavy atom. The Balaban J connectivity index is 1.49. The lowest BCUT2D eigenvalue weighted by Crippen LogP contribution is -2.44. The van der Waals surface area contributed by atoms with E-state index in [9.17, 15) is 4.79 Å². The zero-order valence-corrected chi connectivity index (χ0v) is 17.8. The van der Waals surface area contributed by atoms with Crippen molar-refractivity contribution in [2.45, 2.75) is 20.0 Å². The molecular weight excluding hydrogens is 388 g/mol. The predicted octanol–water partition coefficient (Wildman–Crippen LogP) is 2.61. The average molecular weight is 417 g/mol. The molecule has 2 aromatic rings. The first kappa shape index (κ1) is 20.8. The minimum atomic E-state index is -0.224. The summed E-state index contributed by atoms with van der Waals surface area (Å²) in [5.41, 5.74) is 4.57. The van der Waals surface area contributed by atoms with Crippen molar-refractivity contribution in [1.82, 2.24) is 25.5 Å². The first-order chi connectivity index (χ1) is 15.2. The van der Waals surface area contributed by atoms with Gasteiger partial charge in [0.05, 0.1) is 11.4 Å². The van der Waals surface area contributed by atoms with E-state index in [4.69, 9.17) is 0 Å². The van der Waals surface area contributed by atoms with Gasteiger partial charge in [0.2, 0.25) is 0 Å². The summed E-state index contributed by atoms with van der Waals surface area (Å²) in [6.45, 7) is 10.9. The van der Waals surface area contributed by atoms with Crippen LogP contribution >= 0.6 is 0 Å². The van der Waals surface area contributed by atoms with Crippen LogP contribution in [0.5, 0.6) is 0 Å². The van der Waals surface area contributed by atoms with Crippen LogP contribution in [0.4, 0.5) is 5.82 Å². The Morgan fingerprint density at radius 3 is 2.74 bits per heavy atom. The van der Waals surface area contributed by atoms with Crippen LogP contribution in [0.2, 0.25) is 0 Å². The molecule has 0 saturated carbocycles. The summed E-state index contributed by atoms with van der Waals surface area (Å²) in [4.78, 5) is 26.3. The third-order valence-corrected chi connectivity index (χ3v) is 5.56. The Morgan fingerprint density at radius 2 is 2.00 bits per heavy atom. The third-order valence-electron chi connectivity index (χ3n) is 5.56. The van der Waals surface area contributed by atoms with E-state index < -0.39 is 0 Å². The van der Waals surface area contributed by atoms with Crippen molar-refractivity contribution in [2.75, 3.05) is 31.1 Å². The fourth-order valence-electron chi connectivity index (χ4n) is 3.96. The lowest BCUT2D eigenvalue weighted by Gasteiger charge is -2.32. The number of allylic oxidation sites excluding steroid dienone is 3. The van der Waals surface area contributed by atoms with Gasteiger partial charge < -0.3 is 20.4 Å². The molecule has 0 atom stereocenters. The first-order valence-electron chi connectivity index (χ1n) is 10.6. The number of fused-ring (bicyclic) bond motifs is 1. The highest BCUT2D eigenvalue weighted by Gasteiger charge is 2.22. The van der Waals surface area contributed by atoms with Gasteiger partial charge in [-0.15, -0.1) is 0 Å². The van der Waals surface area contributed by atoms with Gasteiger partial charge in [-0.1, -0.05) is 24.8 Å². The highest BCUT2D eigenvalue weighted by atomic mass is 16.1. The predicted molar refractivity (Wildman–Crippen MR) is 122 cm³/mol. The number of hydrogen-bond acceptors (Lipinski definition) is 6. The number of piperazine rings is 1. The summed E-state index contributed by atoms with van der Waals surface area (Å²) in [7, 11) is 0. The zero-order chi connectivity index (χ0) is 21.6. The summed E-state index contributed by atoms with van der Waals surface area (Å²) >= 11 is 0. The van der Waals surface area contributed by atoms with E-state index in [2.05, 4.69) is 37.0 Å². The molecule has 4 rings (SSSR count). The average Bonchev–Trinajstić information content (AvgIpc) is 3.26. The first-order valence-corrected chi connectivity index (χ1v) is 10.6. The molecule has 1 amide bonds. The molecule has 1 saturated heterocycles. The highest BCUT2D eigenvalue weighted by molar-refractivity contribution is 5.94. The molecule has 31 heavy (non-hydrogen) atoms. The number of hydrogen-bond donors (Lipinski definition) is 2. The van der Waals surface area contributed by atoms with Crippen LogP contribution in [0.1, 0.15) is 28.5 Å². The number of nitrogens with one attached hydrogen (secondary N) is 2. The lowest BCUT2D eigenvalue weighted by molar-refractivity contribution is 0.0959. The van der Waals surface area contributed by atoms with Crippen molar-refractivity contribution >= 4 is 11.7 Å². The minimum Gasteiger partial charge on any atom is -0.367 e. The van der Waals surface area contributed by atoms with Gasteiger partial charge in [0.15, 0.2) is 0 Å². The van der Waals surface area contributed by atoms with Gasteiger partial charge in [0, 0.05) is 51.7 Å². The zero-order valence-electron chi connectivity index (χ0n) is 17.8. The minimum absolute atomic E-state index is 0.224. The Labute approximate surface area is 183 Å². The fourth-order valence-corrected chi connectivity index (χ4v) is 3.96. The van der Waals surface area contributed by atoms with Crippen LogP contribution in [0.15, 0.2) is 72.9 Å². The van der Waals surface area contributed by atoms with Crippen molar-refractivity contribution in [3.8, 4) is 0 Å². The number of carbonyl (C=O) groups excluding carboxylic acids is 1. The number of amides is 1. The molecule has 0 radical (unpaired) electrons. The largest absolute Gasteiger partial charge is 0.367 e. The molecule has 0 aliphatic carbocycles. The SMILES string of the molecule is C=C/C=C(\C(=C/C)NC(=O)c1cccc(N2Cc3ccncc3C2)n1)N1CCNCC1. The maximum absolute atomic E-state index is 13.1. The maximum atomic E-state index is 13.1. The Bertz CT molecular complexity index is 997. The van der Waals surface area contributed by atoms with Crippen molar-refractivity contribution in [3.63, 3.8) is 0 Å². The van der Waals surface area contributed by atoms with Crippen molar-refractivity contribution in [3.05, 3.63) is 89.7 Å². The van der Waals surface area contributed by atoms with Crippen LogP contribution in [0.25, 0.3) is 0 Å². The van der Waals surface area contributed by atoms with Crippen molar-refractivity contribution in [1.29, 1.82) is 0 Å². The third kappa shape index (κ3) is 4.67. The van der Waals surface area contributed by atoms with Crippen LogP contribution in [-0.2, 0) is 13.1 Å². The molecule has 0 unspecified atom stereocenters. The molecule has 4 heterocycles. The molecule has 0 aromatic carbocycles. The van der Waals surface area contributed by atoms with E-state index in [-0.39, 0.29) is 5.91 Å². The second-order valence-corrected chi connectivity index (χ2v) is 7.56. The van der Waals surface area contributed by atoms with E-state index in [0.717, 1.165) is 56.5 Å². The Kier molecular flexibility index (Phi) is 6.43. The number of nitrogens with zero attached hydrogens (tertiary/aromatic N) is 4. The number of aromatic nitrogens is 2. The van der Waals surface area contributed by atoms with Gasteiger partial charge in [0.1, 0.15) is 11.5 Å². The Hall–Kier alpha value is -3.45. The van der Waals surface area contributed by atoms with Crippen LogP contribution < -0.4 is 15.5 Å². The van der Waals surface area contributed by atoms with E-state index in [1.807, 2.05) is 49.7 Å². The van der Waals surface area contributed by atoms with Gasteiger partial charge in [-0.25, -0.2) is 4.98 Å². The molecular formula is C24H28N6O. The van der Waals surface area contributed by atoms with Crippen LogP contribution in [0.3, 0.4) is 0 Å². The second-order valence-electron chi connectivity index (χ2n) is 7.56. The van der Waals surface area contributed by atoms with Gasteiger partial charge >= 0.3 is 0 Å². The summed E-state index contributed by atoms with van der Waals surface area (Å²) in [6.07, 6.45) is 9.33. The van der Waals surface area contributed by atoms with E-state index in [0.29, 0.717) is 5.69 Å². The van der Waals surface area contributed by atoms with E-state index in [1.165, 1.54) is 11.1 Å². The summed E-state index contributed by atoms with van der Waals surface area (Å²) in [6, 6.07) is 7.60. The number of carbonyl (C=O) groups is 1. The van der Waals surface area contributed by atoms with Gasteiger partial charge in [0.25, 0.3) is 5.91 Å². The normalized spacial score (nSPS) is 16.8. The molecule has 7 heteroatoms. The summed E-state index contributed by atoms with van der Waals surface area (Å²) in [5, 5.41) is 6.41. The quantitative estimate of drug-likeness (QED) is 0.706. The molecule has 2 aliphatic rings.